The van der Waals surface area contributed by atoms with Gasteiger partial charge in [-0.2, -0.15) is 0 Å². The number of carbonyl (C=O) groups excluding carboxylic acids is 4. The SMILES string of the molecule is O=C1CCC(N2C(=O)c3cccc(NCCCC4CCNCC4)c3C2=O)C(=O)N1. The number of hydrogen-bond donors (Lipinski definition) is 3. The molecule has 3 aliphatic heterocycles. The van der Waals surface area contributed by atoms with Gasteiger partial charge in [0.15, 0.2) is 0 Å². The van der Waals surface area contributed by atoms with Crippen molar-refractivity contribution in [3.05, 3.63) is 29.3 Å². The Morgan fingerprint density at radius 3 is 2.59 bits per heavy atom. The molecule has 8 heteroatoms. The van der Waals surface area contributed by atoms with Crippen LogP contribution in [0.15, 0.2) is 18.2 Å². The summed E-state index contributed by atoms with van der Waals surface area (Å²) in [5, 5.41) is 8.89. The molecule has 154 valence electrons. The zero-order valence-electron chi connectivity index (χ0n) is 16.3. The van der Waals surface area contributed by atoms with Crippen LogP contribution in [0.2, 0.25) is 0 Å². The Bertz CT molecular complexity index is 847. The number of hydrogen-bond acceptors (Lipinski definition) is 6. The predicted octanol–water partition coefficient (Wildman–Crippen LogP) is 1.28. The number of nitrogens with zero attached hydrogens (tertiary/aromatic N) is 1. The summed E-state index contributed by atoms with van der Waals surface area (Å²) in [5.41, 5.74) is 1.26. The molecule has 0 spiro atoms. The topological polar surface area (TPSA) is 108 Å². The maximum Gasteiger partial charge on any atom is 0.264 e. The van der Waals surface area contributed by atoms with Crippen molar-refractivity contribution in [2.75, 3.05) is 25.0 Å². The van der Waals surface area contributed by atoms with E-state index in [1.165, 1.54) is 12.8 Å². The van der Waals surface area contributed by atoms with Gasteiger partial charge in [-0.15, -0.1) is 0 Å². The van der Waals surface area contributed by atoms with Crippen LogP contribution >= 0.6 is 0 Å². The fourth-order valence-corrected chi connectivity index (χ4v) is 4.45. The van der Waals surface area contributed by atoms with Gasteiger partial charge in [0.2, 0.25) is 11.8 Å². The number of carbonyl (C=O) groups is 4. The van der Waals surface area contributed by atoms with Gasteiger partial charge in [0.25, 0.3) is 11.8 Å². The summed E-state index contributed by atoms with van der Waals surface area (Å²) in [5.74, 6) is -1.17. The Labute approximate surface area is 169 Å². The fourth-order valence-electron chi connectivity index (χ4n) is 4.45. The Morgan fingerprint density at radius 1 is 1.03 bits per heavy atom. The van der Waals surface area contributed by atoms with Gasteiger partial charge in [-0.05, 0) is 63.2 Å². The summed E-state index contributed by atoms with van der Waals surface area (Å²) < 4.78 is 0. The second-order valence-corrected chi connectivity index (χ2v) is 7.94. The molecular weight excluding hydrogens is 372 g/mol. The number of piperidine rings is 2. The number of imide groups is 2. The van der Waals surface area contributed by atoms with Gasteiger partial charge in [0.05, 0.1) is 11.1 Å². The van der Waals surface area contributed by atoms with Crippen molar-refractivity contribution in [1.82, 2.24) is 15.5 Å². The van der Waals surface area contributed by atoms with Gasteiger partial charge in [-0.1, -0.05) is 6.07 Å². The minimum absolute atomic E-state index is 0.117. The first-order valence-corrected chi connectivity index (χ1v) is 10.4. The number of nitrogens with one attached hydrogen (secondary N) is 3. The Morgan fingerprint density at radius 2 is 1.83 bits per heavy atom. The van der Waals surface area contributed by atoms with E-state index in [-0.39, 0.29) is 18.7 Å². The lowest BCUT2D eigenvalue weighted by Crippen LogP contribution is -2.54. The van der Waals surface area contributed by atoms with E-state index in [2.05, 4.69) is 16.0 Å². The molecule has 3 N–H and O–H groups in total. The molecule has 2 fully saturated rings. The highest BCUT2D eigenvalue weighted by Gasteiger charge is 2.45. The lowest BCUT2D eigenvalue weighted by Gasteiger charge is -2.27. The number of rotatable bonds is 6. The molecule has 0 aliphatic carbocycles. The van der Waals surface area contributed by atoms with E-state index in [9.17, 15) is 19.2 Å². The van der Waals surface area contributed by atoms with E-state index in [1.54, 1.807) is 18.2 Å². The van der Waals surface area contributed by atoms with Crippen molar-refractivity contribution in [1.29, 1.82) is 0 Å². The number of fused-ring (bicyclic) bond motifs is 1. The molecule has 4 rings (SSSR count). The van der Waals surface area contributed by atoms with Crippen LogP contribution in [0, 0.1) is 5.92 Å². The van der Waals surface area contributed by atoms with Crippen molar-refractivity contribution in [3.63, 3.8) is 0 Å². The quantitative estimate of drug-likeness (QED) is 0.492. The van der Waals surface area contributed by atoms with Crippen LogP contribution < -0.4 is 16.0 Å². The van der Waals surface area contributed by atoms with Crippen molar-refractivity contribution >= 4 is 29.3 Å². The summed E-state index contributed by atoms with van der Waals surface area (Å²) in [4.78, 5) is 50.4. The van der Waals surface area contributed by atoms with E-state index < -0.39 is 23.8 Å². The number of amides is 4. The van der Waals surface area contributed by atoms with Crippen LogP contribution in [-0.4, -0.2) is 54.2 Å². The minimum Gasteiger partial charge on any atom is -0.384 e. The molecule has 0 radical (unpaired) electrons. The first-order valence-electron chi connectivity index (χ1n) is 10.4. The Hall–Kier alpha value is -2.74. The zero-order valence-corrected chi connectivity index (χ0v) is 16.3. The maximum absolute atomic E-state index is 13.0. The van der Waals surface area contributed by atoms with E-state index in [1.807, 2.05) is 0 Å². The van der Waals surface area contributed by atoms with Gasteiger partial charge in [-0.25, -0.2) is 0 Å². The van der Waals surface area contributed by atoms with Crippen LogP contribution in [0.3, 0.4) is 0 Å². The molecule has 1 aromatic carbocycles. The molecule has 0 saturated carbocycles. The van der Waals surface area contributed by atoms with E-state index in [4.69, 9.17) is 0 Å². The molecule has 4 amide bonds. The second-order valence-electron chi connectivity index (χ2n) is 7.94. The van der Waals surface area contributed by atoms with Gasteiger partial charge in [-0.3, -0.25) is 29.4 Å². The highest BCUT2D eigenvalue weighted by molar-refractivity contribution is 6.25. The molecular formula is C21H26N4O4. The van der Waals surface area contributed by atoms with Crippen molar-refractivity contribution in [2.45, 2.75) is 44.6 Å². The molecule has 3 heterocycles. The monoisotopic (exact) mass is 398 g/mol. The van der Waals surface area contributed by atoms with E-state index in [0.29, 0.717) is 16.8 Å². The van der Waals surface area contributed by atoms with E-state index >= 15 is 0 Å². The van der Waals surface area contributed by atoms with E-state index in [0.717, 1.165) is 43.3 Å². The predicted molar refractivity (Wildman–Crippen MR) is 106 cm³/mol. The van der Waals surface area contributed by atoms with Crippen LogP contribution in [0.1, 0.15) is 59.2 Å². The lowest BCUT2D eigenvalue weighted by molar-refractivity contribution is -0.136. The molecule has 1 aromatic rings. The average molecular weight is 398 g/mol. The van der Waals surface area contributed by atoms with Crippen LogP contribution in [0.25, 0.3) is 0 Å². The third kappa shape index (κ3) is 3.89. The summed E-state index contributed by atoms with van der Waals surface area (Å²) in [7, 11) is 0. The normalized spacial score (nSPS) is 22.6. The van der Waals surface area contributed by atoms with Crippen molar-refractivity contribution in [3.8, 4) is 0 Å². The molecule has 1 atom stereocenters. The maximum atomic E-state index is 13.0. The average Bonchev–Trinajstić information content (AvgIpc) is 2.98. The third-order valence-corrected chi connectivity index (χ3v) is 6.03. The Kier molecular flexibility index (Phi) is 5.62. The molecule has 1 unspecified atom stereocenters. The number of benzene rings is 1. The number of anilines is 1. The van der Waals surface area contributed by atoms with Crippen LogP contribution in [0.5, 0.6) is 0 Å². The van der Waals surface area contributed by atoms with Gasteiger partial charge >= 0.3 is 0 Å². The molecule has 0 aromatic heterocycles. The summed E-state index contributed by atoms with van der Waals surface area (Å²) in [6.45, 7) is 2.88. The molecule has 2 saturated heterocycles. The first kappa shape index (κ1) is 19.6. The van der Waals surface area contributed by atoms with Crippen molar-refractivity contribution < 1.29 is 19.2 Å². The molecule has 29 heavy (non-hydrogen) atoms. The first-order chi connectivity index (χ1) is 14.1. The van der Waals surface area contributed by atoms with Gasteiger partial charge < -0.3 is 10.6 Å². The highest BCUT2D eigenvalue weighted by atomic mass is 16.2. The molecule has 3 aliphatic rings. The van der Waals surface area contributed by atoms with Crippen LogP contribution in [-0.2, 0) is 9.59 Å². The van der Waals surface area contributed by atoms with Crippen molar-refractivity contribution in [2.24, 2.45) is 5.92 Å². The minimum atomic E-state index is -0.937. The van der Waals surface area contributed by atoms with Crippen LogP contribution in [0.4, 0.5) is 5.69 Å². The Balaban J connectivity index is 1.43. The lowest BCUT2D eigenvalue weighted by atomic mass is 9.93. The van der Waals surface area contributed by atoms with Gasteiger partial charge in [0.1, 0.15) is 6.04 Å². The zero-order chi connectivity index (χ0) is 20.4. The standard InChI is InChI=1S/C21H26N4O4/c26-17-7-6-16(19(27)24-17)25-20(28)14-4-1-5-15(18(14)21(25)29)23-10-2-3-13-8-11-22-12-9-13/h1,4-5,13,16,22-23H,2-3,6-12H2,(H,24,26,27). The molecule has 0 bridgehead atoms. The smallest absolute Gasteiger partial charge is 0.264 e. The summed E-state index contributed by atoms with van der Waals surface area (Å²) in [6.07, 6.45) is 4.82. The fraction of sp³-hybridized carbons (Fsp3) is 0.524. The third-order valence-electron chi connectivity index (χ3n) is 6.03. The summed E-state index contributed by atoms with van der Waals surface area (Å²) >= 11 is 0. The molecule has 8 nitrogen and oxygen atoms in total. The summed E-state index contributed by atoms with van der Waals surface area (Å²) in [6, 6.07) is 4.21. The second kappa shape index (κ2) is 8.32. The largest absolute Gasteiger partial charge is 0.384 e. The highest BCUT2D eigenvalue weighted by Crippen LogP contribution is 2.32. The van der Waals surface area contributed by atoms with Gasteiger partial charge in [0, 0.05) is 18.7 Å².